The van der Waals surface area contributed by atoms with Gasteiger partial charge in [-0.15, -0.1) is 0 Å². The van der Waals surface area contributed by atoms with Crippen LogP contribution in [-0.2, 0) is 6.54 Å². The first-order chi connectivity index (χ1) is 9.08. The van der Waals surface area contributed by atoms with E-state index in [1.807, 2.05) is 0 Å². The first kappa shape index (κ1) is 14.0. The molecule has 2 rings (SSSR count). The summed E-state index contributed by atoms with van der Waals surface area (Å²) in [4.78, 5) is 0. The van der Waals surface area contributed by atoms with Crippen LogP contribution in [0, 0.1) is 5.82 Å². The molecule has 0 atom stereocenters. The van der Waals surface area contributed by atoms with E-state index in [1.54, 1.807) is 31.4 Å². The fourth-order valence-corrected chi connectivity index (χ4v) is 2.15. The average Bonchev–Trinajstić information content (AvgIpc) is 2.35. The molecule has 0 aliphatic heterocycles. The van der Waals surface area contributed by atoms with Crippen LogP contribution in [0.15, 0.2) is 36.4 Å². The molecule has 0 fully saturated rings. The summed E-state index contributed by atoms with van der Waals surface area (Å²) in [6.45, 7) is 0.425. The lowest BCUT2D eigenvalue weighted by Gasteiger charge is -2.11. The van der Waals surface area contributed by atoms with Crippen molar-refractivity contribution in [1.29, 1.82) is 0 Å². The first-order valence-corrected chi connectivity index (χ1v) is 6.36. The van der Waals surface area contributed by atoms with Crippen LogP contribution in [0.4, 0.5) is 10.1 Å². The van der Waals surface area contributed by atoms with Crippen molar-refractivity contribution in [2.75, 3.05) is 12.4 Å². The number of anilines is 1. The van der Waals surface area contributed by atoms with Gasteiger partial charge in [0, 0.05) is 16.6 Å². The highest BCUT2D eigenvalue weighted by Crippen LogP contribution is 2.28. The van der Waals surface area contributed by atoms with Gasteiger partial charge in [0.15, 0.2) is 0 Å². The Hall–Kier alpha value is -1.45. The summed E-state index contributed by atoms with van der Waals surface area (Å²) in [5.41, 5.74) is 1.49. The minimum absolute atomic E-state index is 0.359. The van der Waals surface area contributed by atoms with Gasteiger partial charge in [0.2, 0.25) is 0 Å². The van der Waals surface area contributed by atoms with E-state index in [1.165, 1.54) is 12.1 Å². The van der Waals surface area contributed by atoms with Crippen molar-refractivity contribution >= 4 is 28.9 Å². The van der Waals surface area contributed by atoms with Crippen LogP contribution < -0.4 is 10.1 Å². The van der Waals surface area contributed by atoms with E-state index in [0.717, 1.165) is 11.3 Å². The van der Waals surface area contributed by atoms with E-state index < -0.39 is 0 Å². The van der Waals surface area contributed by atoms with E-state index in [9.17, 15) is 4.39 Å². The van der Waals surface area contributed by atoms with Crippen molar-refractivity contribution in [3.05, 3.63) is 57.8 Å². The third-order valence-corrected chi connectivity index (χ3v) is 3.02. The minimum Gasteiger partial charge on any atom is -0.495 e. The summed E-state index contributed by atoms with van der Waals surface area (Å²) in [7, 11) is 1.58. The Labute approximate surface area is 121 Å². The predicted octanol–water partition coefficient (Wildman–Crippen LogP) is 4.75. The molecule has 0 aromatic heterocycles. The molecular weight excluding hydrogens is 288 g/mol. The molecule has 100 valence electrons. The Morgan fingerprint density at radius 2 is 1.89 bits per heavy atom. The fourth-order valence-electron chi connectivity index (χ4n) is 1.73. The monoisotopic (exact) mass is 299 g/mol. The molecular formula is C14H12Cl2FNO. The van der Waals surface area contributed by atoms with Gasteiger partial charge in [0.25, 0.3) is 0 Å². The Morgan fingerprint density at radius 3 is 2.58 bits per heavy atom. The number of ether oxygens (including phenoxy) is 1. The molecule has 0 heterocycles. The van der Waals surface area contributed by atoms with E-state index in [0.29, 0.717) is 22.3 Å². The van der Waals surface area contributed by atoms with Crippen LogP contribution in [0.2, 0.25) is 10.0 Å². The SMILES string of the molecule is COc1ccc(Cl)cc1NCc1cc(F)cc(Cl)c1. The van der Waals surface area contributed by atoms with Gasteiger partial charge < -0.3 is 10.1 Å². The highest BCUT2D eigenvalue weighted by molar-refractivity contribution is 6.31. The zero-order valence-corrected chi connectivity index (χ0v) is 11.7. The second-order valence-corrected chi connectivity index (χ2v) is 4.85. The Morgan fingerprint density at radius 1 is 1.11 bits per heavy atom. The molecule has 0 spiro atoms. The summed E-state index contributed by atoms with van der Waals surface area (Å²) in [5, 5.41) is 4.11. The molecule has 0 bridgehead atoms. The summed E-state index contributed by atoms with van der Waals surface area (Å²) in [6, 6.07) is 9.66. The summed E-state index contributed by atoms with van der Waals surface area (Å²) >= 11 is 11.7. The van der Waals surface area contributed by atoms with Gasteiger partial charge in [0.1, 0.15) is 11.6 Å². The molecule has 5 heteroatoms. The Bertz CT molecular complexity index is 569. The maximum atomic E-state index is 13.2. The normalized spacial score (nSPS) is 10.3. The van der Waals surface area contributed by atoms with Crippen LogP contribution in [0.5, 0.6) is 5.75 Å². The summed E-state index contributed by atoms with van der Waals surface area (Å²) in [6.07, 6.45) is 0. The van der Waals surface area contributed by atoms with E-state index in [2.05, 4.69) is 5.32 Å². The number of rotatable bonds is 4. The zero-order valence-electron chi connectivity index (χ0n) is 10.2. The van der Waals surface area contributed by atoms with Crippen molar-refractivity contribution in [3.63, 3.8) is 0 Å². The smallest absolute Gasteiger partial charge is 0.142 e. The van der Waals surface area contributed by atoms with Gasteiger partial charge in [-0.3, -0.25) is 0 Å². The molecule has 0 amide bonds. The van der Waals surface area contributed by atoms with Gasteiger partial charge in [-0.1, -0.05) is 23.2 Å². The molecule has 2 aromatic rings. The predicted molar refractivity (Wildman–Crippen MR) is 76.7 cm³/mol. The first-order valence-electron chi connectivity index (χ1n) is 5.61. The molecule has 2 nitrogen and oxygen atoms in total. The van der Waals surface area contributed by atoms with Crippen molar-refractivity contribution in [1.82, 2.24) is 0 Å². The number of nitrogens with one attached hydrogen (secondary N) is 1. The van der Waals surface area contributed by atoms with Crippen LogP contribution in [0.25, 0.3) is 0 Å². The van der Waals surface area contributed by atoms with Crippen LogP contribution >= 0.6 is 23.2 Å². The number of hydrogen-bond acceptors (Lipinski definition) is 2. The second-order valence-electron chi connectivity index (χ2n) is 3.98. The summed E-state index contributed by atoms with van der Waals surface area (Å²) < 4.78 is 18.4. The van der Waals surface area contributed by atoms with Gasteiger partial charge in [0.05, 0.1) is 12.8 Å². The molecule has 0 saturated heterocycles. The standard InChI is InChI=1S/C14H12Cl2FNO/c1-19-14-3-2-10(15)7-13(14)18-8-9-4-11(16)6-12(17)5-9/h2-7,18H,8H2,1H3. The molecule has 1 N–H and O–H groups in total. The minimum atomic E-state index is -0.359. The number of halogens is 3. The second kappa shape index (κ2) is 6.13. The quantitative estimate of drug-likeness (QED) is 0.879. The van der Waals surface area contributed by atoms with Gasteiger partial charge in [-0.25, -0.2) is 4.39 Å². The fraction of sp³-hybridized carbons (Fsp3) is 0.143. The molecule has 2 aromatic carbocycles. The highest BCUT2D eigenvalue weighted by atomic mass is 35.5. The summed E-state index contributed by atoms with van der Waals surface area (Å²) in [5.74, 6) is 0.314. The molecule has 0 saturated carbocycles. The van der Waals surface area contributed by atoms with Crippen molar-refractivity contribution < 1.29 is 9.13 Å². The van der Waals surface area contributed by atoms with Gasteiger partial charge in [-0.2, -0.15) is 0 Å². The van der Waals surface area contributed by atoms with Crippen LogP contribution in [0.3, 0.4) is 0 Å². The van der Waals surface area contributed by atoms with Crippen molar-refractivity contribution in [3.8, 4) is 5.75 Å². The maximum absolute atomic E-state index is 13.2. The lowest BCUT2D eigenvalue weighted by molar-refractivity contribution is 0.416. The average molecular weight is 300 g/mol. The molecule has 0 radical (unpaired) electrons. The topological polar surface area (TPSA) is 21.3 Å². The van der Waals surface area contributed by atoms with Gasteiger partial charge >= 0.3 is 0 Å². The third-order valence-electron chi connectivity index (χ3n) is 2.57. The van der Waals surface area contributed by atoms with Crippen LogP contribution in [0.1, 0.15) is 5.56 Å². The maximum Gasteiger partial charge on any atom is 0.142 e. The van der Waals surface area contributed by atoms with Crippen molar-refractivity contribution in [2.24, 2.45) is 0 Å². The number of benzene rings is 2. The molecule has 19 heavy (non-hydrogen) atoms. The molecule has 0 aliphatic rings. The molecule has 0 aliphatic carbocycles. The number of hydrogen-bond donors (Lipinski definition) is 1. The van der Waals surface area contributed by atoms with Gasteiger partial charge in [-0.05, 0) is 42.0 Å². The van der Waals surface area contributed by atoms with E-state index in [-0.39, 0.29) is 5.82 Å². The largest absolute Gasteiger partial charge is 0.495 e. The molecule has 0 unspecified atom stereocenters. The van der Waals surface area contributed by atoms with Crippen molar-refractivity contribution in [2.45, 2.75) is 6.54 Å². The van der Waals surface area contributed by atoms with Crippen LogP contribution in [-0.4, -0.2) is 7.11 Å². The Balaban J connectivity index is 2.16. The lowest BCUT2D eigenvalue weighted by atomic mass is 10.2. The highest BCUT2D eigenvalue weighted by Gasteiger charge is 2.05. The lowest BCUT2D eigenvalue weighted by Crippen LogP contribution is -2.01. The third kappa shape index (κ3) is 3.75. The Kier molecular flexibility index (Phi) is 4.51. The zero-order chi connectivity index (χ0) is 13.8. The van der Waals surface area contributed by atoms with E-state index in [4.69, 9.17) is 27.9 Å². The van der Waals surface area contributed by atoms with E-state index >= 15 is 0 Å². The number of methoxy groups -OCH3 is 1.